The Hall–Kier alpha value is -1.63. The van der Waals surface area contributed by atoms with E-state index in [-0.39, 0.29) is 5.56 Å². The van der Waals surface area contributed by atoms with Gasteiger partial charge in [0.15, 0.2) is 5.16 Å². The first-order valence-electron chi connectivity index (χ1n) is 7.95. The smallest absolute Gasteiger partial charge is 0.267 e. The zero-order valence-electron chi connectivity index (χ0n) is 14.0. The largest absolute Gasteiger partial charge is 0.301 e. The van der Waals surface area contributed by atoms with Crippen molar-refractivity contribution in [1.29, 1.82) is 0 Å². The normalized spacial score (nSPS) is 15.0. The molecule has 6 heteroatoms. The summed E-state index contributed by atoms with van der Waals surface area (Å²) in [5, 5.41) is 1.58. The SMILES string of the molecule is CSc1nc2sc3c(c2c(=O)n1-c1cccc(C)c1)CCN(C)C3. The fraction of sp³-hybridized carbons (Fsp3) is 0.333. The maximum Gasteiger partial charge on any atom is 0.267 e. The molecule has 1 aliphatic heterocycles. The van der Waals surface area contributed by atoms with Crippen LogP contribution in [0.15, 0.2) is 34.2 Å². The van der Waals surface area contributed by atoms with Crippen LogP contribution in [-0.4, -0.2) is 34.3 Å². The van der Waals surface area contributed by atoms with Crippen LogP contribution in [0.2, 0.25) is 0 Å². The predicted molar refractivity (Wildman–Crippen MR) is 102 cm³/mol. The van der Waals surface area contributed by atoms with Crippen LogP contribution in [0.5, 0.6) is 0 Å². The van der Waals surface area contributed by atoms with Crippen LogP contribution in [0.4, 0.5) is 0 Å². The van der Waals surface area contributed by atoms with E-state index < -0.39 is 0 Å². The van der Waals surface area contributed by atoms with Crippen LogP contribution in [-0.2, 0) is 13.0 Å². The first kappa shape index (κ1) is 15.9. The first-order valence-corrected chi connectivity index (χ1v) is 9.99. The van der Waals surface area contributed by atoms with E-state index in [1.165, 1.54) is 22.2 Å². The number of aryl methyl sites for hydroxylation is 1. The van der Waals surface area contributed by atoms with Crippen molar-refractivity contribution in [3.8, 4) is 5.69 Å². The molecule has 0 aliphatic carbocycles. The minimum Gasteiger partial charge on any atom is -0.301 e. The molecule has 24 heavy (non-hydrogen) atoms. The van der Waals surface area contributed by atoms with E-state index in [0.29, 0.717) is 0 Å². The molecular formula is C18H19N3OS2. The summed E-state index contributed by atoms with van der Waals surface area (Å²) in [6, 6.07) is 8.06. The summed E-state index contributed by atoms with van der Waals surface area (Å²) in [4.78, 5) is 22.6. The molecular weight excluding hydrogens is 338 g/mol. The number of fused-ring (bicyclic) bond motifs is 3. The third-order valence-electron chi connectivity index (χ3n) is 4.48. The second-order valence-corrected chi connectivity index (χ2v) is 8.11. The van der Waals surface area contributed by atoms with Crippen LogP contribution in [0, 0.1) is 6.92 Å². The number of rotatable bonds is 2. The molecule has 0 N–H and O–H groups in total. The maximum absolute atomic E-state index is 13.3. The number of nitrogens with zero attached hydrogens (tertiary/aromatic N) is 3. The zero-order chi connectivity index (χ0) is 16.8. The van der Waals surface area contributed by atoms with E-state index in [1.54, 1.807) is 15.9 Å². The Kier molecular flexibility index (Phi) is 3.98. The summed E-state index contributed by atoms with van der Waals surface area (Å²) in [7, 11) is 2.12. The predicted octanol–water partition coefficient (Wildman–Crippen LogP) is 3.47. The Morgan fingerprint density at radius 3 is 2.92 bits per heavy atom. The highest BCUT2D eigenvalue weighted by Crippen LogP contribution is 2.33. The average Bonchev–Trinajstić information content (AvgIpc) is 2.91. The second kappa shape index (κ2) is 6.02. The van der Waals surface area contributed by atoms with Crippen molar-refractivity contribution in [3.05, 3.63) is 50.6 Å². The number of aromatic nitrogens is 2. The Morgan fingerprint density at radius 2 is 2.17 bits per heavy atom. The number of likely N-dealkylation sites (N-methyl/N-ethyl adjacent to an activating group) is 1. The van der Waals surface area contributed by atoms with Gasteiger partial charge in [-0.25, -0.2) is 4.98 Å². The van der Waals surface area contributed by atoms with Gasteiger partial charge >= 0.3 is 0 Å². The molecule has 2 aromatic heterocycles. The summed E-state index contributed by atoms with van der Waals surface area (Å²) in [6.45, 7) is 3.95. The summed E-state index contributed by atoms with van der Waals surface area (Å²) in [5.74, 6) is 0. The van der Waals surface area contributed by atoms with Crippen molar-refractivity contribution in [2.24, 2.45) is 0 Å². The monoisotopic (exact) mass is 357 g/mol. The Balaban J connectivity index is 2.03. The quantitative estimate of drug-likeness (QED) is 0.520. The number of thiophene rings is 1. The van der Waals surface area contributed by atoms with Gasteiger partial charge in [-0.2, -0.15) is 0 Å². The number of hydrogen-bond donors (Lipinski definition) is 0. The van der Waals surface area contributed by atoms with Gasteiger partial charge < -0.3 is 4.90 Å². The number of benzene rings is 1. The second-order valence-electron chi connectivity index (χ2n) is 6.25. The van der Waals surface area contributed by atoms with Gasteiger partial charge in [0.1, 0.15) is 4.83 Å². The van der Waals surface area contributed by atoms with E-state index in [2.05, 4.69) is 11.9 Å². The van der Waals surface area contributed by atoms with Gasteiger partial charge in [0, 0.05) is 18.0 Å². The van der Waals surface area contributed by atoms with Gasteiger partial charge in [-0.15, -0.1) is 11.3 Å². The lowest BCUT2D eigenvalue weighted by Gasteiger charge is -2.21. The van der Waals surface area contributed by atoms with Crippen molar-refractivity contribution < 1.29 is 0 Å². The Labute approximate surface area is 149 Å². The van der Waals surface area contributed by atoms with Gasteiger partial charge in [0.25, 0.3) is 5.56 Å². The van der Waals surface area contributed by atoms with E-state index in [0.717, 1.165) is 46.1 Å². The molecule has 1 aromatic carbocycles. The van der Waals surface area contributed by atoms with Gasteiger partial charge in [-0.1, -0.05) is 23.9 Å². The van der Waals surface area contributed by atoms with Gasteiger partial charge in [0.2, 0.25) is 0 Å². The van der Waals surface area contributed by atoms with E-state index in [4.69, 9.17) is 4.98 Å². The molecule has 0 unspecified atom stereocenters. The van der Waals surface area contributed by atoms with Crippen molar-refractivity contribution in [2.75, 3.05) is 19.8 Å². The molecule has 0 saturated heterocycles. The molecule has 0 fully saturated rings. The molecule has 0 atom stereocenters. The molecule has 1 aliphatic rings. The van der Waals surface area contributed by atoms with Crippen LogP contribution in [0.25, 0.3) is 15.9 Å². The van der Waals surface area contributed by atoms with Crippen molar-refractivity contribution in [3.63, 3.8) is 0 Å². The van der Waals surface area contributed by atoms with Crippen molar-refractivity contribution in [2.45, 2.75) is 25.0 Å². The number of thioether (sulfide) groups is 1. The standard InChI is InChI=1S/C18H19N3OS2/c1-11-5-4-6-12(9-11)21-17(22)15-13-7-8-20(2)10-14(13)24-16(15)19-18(21)23-3/h4-6,9H,7-8,10H2,1-3H3. The van der Waals surface area contributed by atoms with Gasteiger partial charge in [0.05, 0.1) is 11.1 Å². The summed E-state index contributed by atoms with van der Waals surface area (Å²) in [5.41, 5.74) is 3.31. The van der Waals surface area contributed by atoms with Crippen LogP contribution >= 0.6 is 23.1 Å². The lowest BCUT2D eigenvalue weighted by molar-refractivity contribution is 0.318. The van der Waals surface area contributed by atoms with E-state index in [9.17, 15) is 4.79 Å². The number of hydrogen-bond acceptors (Lipinski definition) is 5. The first-order chi connectivity index (χ1) is 11.6. The molecule has 0 saturated carbocycles. The molecule has 4 nitrogen and oxygen atoms in total. The highest BCUT2D eigenvalue weighted by atomic mass is 32.2. The highest BCUT2D eigenvalue weighted by molar-refractivity contribution is 7.98. The molecule has 0 radical (unpaired) electrons. The maximum atomic E-state index is 13.3. The molecule has 0 amide bonds. The van der Waals surface area contributed by atoms with Crippen LogP contribution < -0.4 is 5.56 Å². The summed E-state index contributed by atoms with van der Waals surface area (Å²) < 4.78 is 1.77. The summed E-state index contributed by atoms with van der Waals surface area (Å²) >= 11 is 3.19. The molecule has 124 valence electrons. The molecule has 0 bridgehead atoms. The van der Waals surface area contributed by atoms with Crippen molar-refractivity contribution >= 4 is 33.3 Å². The molecule has 4 rings (SSSR count). The third kappa shape index (κ3) is 2.49. The third-order valence-corrected chi connectivity index (χ3v) is 6.23. The lowest BCUT2D eigenvalue weighted by atomic mass is 10.1. The van der Waals surface area contributed by atoms with E-state index >= 15 is 0 Å². The molecule has 3 aromatic rings. The lowest BCUT2D eigenvalue weighted by Crippen LogP contribution is -2.27. The topological polar surface area (TPSA) is 38.1 Å². The zero-order valence-corrected chi connectivity index (χ0v) is 15.6. The fourth-order valence-electron chi connectivity index (χ4n) is 3.28. The molecule has 3 heterocycles. The Morgan fingerprint density at radius 1 is 1.33 bits per heavy atom. The Bertz CT molecular complexity index is 990. The highest BCUT2D eigenvalue weighted by Gasteiger charge is 2.24. The van der Waals surface area contributed by atoms with E-state index in [1.807, 2.05) is 37.4 Å². The van der Waals surface area contributed by atoms with Crippen LogP contribution in [0.1, 0.15) is 16.0 Å². The minimum absolute atomic E-state index is 0.0667. The van der Waals surface area contributed by atoms with Crippen LogP contribution in [0.3, 0.4) is 0 Å². The molecule has 0 spiro atoms. The average molecular weight is 358 g/mol. The summed E-state index contributed by atoms with van der Waals surface area (Å²) in [6.07, 6.45) is 2.90. The van der Waals surface area contributed by atoms with Crippen molar-refractivity contribution in [1.82, 2.24) is 14.5 Å². The van der Waals surface area contributed by atoms with Gasteiger partial charge in [-0.05, 0) is 49.9 Å². The van der Waals surface area contributed by atoms with Gasteiger partial charge in [-0.3, -0.25) is 9.36 Å². The fourth-order valence-corrected chi connectivity index (χ4v) is 5.18. The minimum atomic E-state index is 0.0667.